The van der Waals surface area contributed by atoms with E-state index in [1.54, 1.807) is 13.2 Å². The number of benzene rings is 2. The number of methoxy groups -OCH3 is 1. The Bertz CT molecular complexity index is 548. The molecule has 2 unspecified atom stereocenters. The smallest absolute Gasteiger partial charge is 0.123 e. The van der Waals surface area contributed by atoms with Crippen LogP contribution in [0, 0.1) is 5.82 Å². The van der Waals surface area contributed by atoms with E-state index in [0.29, 0.717) is 6.54 Å². The normalized spacial score (nSPS) is 11.3. The molecule has 21 heavy (non-hydrogen) atoms. The summed E-state index contributed by atoms with van der Waals surface area (Å²) < 4.78 is 18.3. The molecule has 1 N–H and O–H groups in total. The van der Waals surface area contributed by atoms with E-state index in [-0.39, 0.29) is 11.6 Å². The molecule has 0 aliphatic carbocycles. The number of hydrogen-bond donors (Lipinski definition) is 1. The maximum absolute atomic E-state index is 13.1. The molecule has 0 bridgehead atoms. The molecule has 0 saturated carbocycles. The second kappa shape index (κ2) is 9.49. The molecule has 0 heterocycles. The minimum atomic E-state index is -0.215. The van der Waals surface area contributed by atoms with Crippen molar-refractivity contribution in [1.82, 2.24) is 5.32 Å². The first-order valence-electron chi connectivity index (χ1n) is 7.06. The lowest BCUT2D eigenvalue weighted by molar-refractivity contribution is 0.414. The fourth-order valence-corrected chi connectivity index (χ4v) is 2.15. The van der Waals surface area contributed by atoms with Gasteiger partial charge in [-0.3, -0.25) is 0 Å². The van der Waals surface area contributed by atoms with Crippen molar-refractivity contribution >= 4 is 9.24 Å². The van der Waals surface area contributed by atoms with Crippen LogP contribution in [-0.2, 0) is 6.54 Å². The summed E-state index contributed by atoms with van der Waals surface area (Å²) in [5.74, 6) is 0.639. The van der Waals surface area contributed by atoms with E-state index in [4.69, 9.17) is 4.74 Å². The van der Waals surface area contributed by atoms with E-state index in [9.17, 15) is 4.39 Å². The van der Waals surface area contributed by atoms with Crippen LogP contribution in [0.4, 0.5) is 4.39 Å². The van der Waals surface area contributed by atoms with E-state index in [1.165, 1.54) is 12.1 Å². The zero-order chi connectivity index (χ0) is 15.7. The molecule has 2 atom stereocenters. The Morgan fingerprint density at radius 3 is 2.52 bits per heavy atom. The molecule has 0 spiro atoms. The topological polar surface area (TPSA) is 21.3 Å². The summed E-state index contributed by atoms with van der Waals surface area (Å²) in [5.41, 5.74) is 2.04. The van der Waals surface area contributed by atoms with Crippen LogP contribution in [0.5, 0.6) is 5.75 Å². The van der Waals surface area contributed by atoms with E-state index in [2.05, 4.69) is 14.6 Å². The van der Waals surface area contributed by atoms with Gasteiger partial charge >= 0.3 is 0 Å². The minimum Gasteiger partial charge on any atom is -0.497 e. The molecule has 2 rings (SSSR count). The van der Waals surface area contributed by atoms with Gasteiger partial charge in [0.05, 0.1) is 7.11 Å². The SMILES string of the molecule is CC.COc1cccc(CNC(P)c2cccc(F)c2)c1. The fourth-order valence-electron chi connectivity index (χ4n) is 1.83. The predicted molar refractivity (Wildman–Crippen MR) is 90.0 cm³/mol. The molecule has 2 aromatic rings. The van der Waals surface area contributed by atoms with Crippen LogP contribution in [-0.4, -0.2) is 7.11 Å². The second-order valence-electron chi connectivity index (χ2n) is 4.27. The molecule has 0 aliphatic heterocycles. The van der Waals surface area contributed by atoms with Crippen molar-refractivity contribution in [3.8, 4) is 5.75 Å². The highest BCUT2D eigenvalue weighted by Crippen LogP contribution is 2.21. The molecule has 0 aliphatic rings. The Balaban J connectivity index is 0.00000106. The van der Waals surface area contributed by atoms with Gasteiger partial charge in [-0.05, 0) is 35.4 Å². The van der Waals surface area contributed by atoms with Gasteiger partial charge in [0.25, 0.3) is 0 Å². The largest absolute Gasteiger partial charge is 0.497 e. The average Bonchev–Trinajstić information content (AvgIpc) is 2.54. The van der Waals surface area contributed by atoms with Crippen LogP contribution in [0.25, 0.3) is 0 Å². The molecule has 4 heteroatoms. The molecule has 0 aromatic heterocycles. The zero-order valence-corrected chi connectivity index (χ0v) is 13.9. The summed E-state index contributed by atoms with van der Waals surface area (Å²) in [4.78, 5) is 0. The van der Waals surface area contributed by atoms with Gasteiger partial charge in [-0.25, -0.2) is 4.39 Å². The fraction of sp³-hybridized carbons (Fsp3) is 0.294. The second-order valence-corrected chi connectivity index (χ2v) is 4.93. The maximum Gasteiger partial charge on any atom is 0.123 e. The zero-order valence-electron chi connectivity index (χ0n) is 12.8. The lowest BCUT2D eigenvalue weighted by atomic mass is 10.2. The van der Waals surface area contributed by atoms with Crippen LogP contribution in [0.1, 0.15) is 30.8 Å². The quantitative estimate of drug-likeness (QED) is 0.820. The first-order chi connectivity index (χ1) is 10.2. The van der Waals surface area contributed by atoms with Crippen LogP contribution in [0.3, 0.4) is 0 Å². The van der Waals surface area contributed by atoms with E-state index >= 15 is 0 Å². The Morgan fingerprint density at radius 1 is 1.14 bits per heavy atom. The summed E-state index contributed by atoms with van der Waals surface area (Å²) in [6.45, 7) is 4.70. The molecule has 0 saturated heterocycles. The number of halogens is 1. The van der Waals surface area contributed by atoms with Gasteiger partial charge in [-0.15, -0.1) is 9.24 Å². The summed E-state index contributed by atoms with van der Waals surface area (Å²) >= 11 is 0. The third-order valence-electron chi connectivity index (χ3n) is 2.87. The lowest BCUT2D eigenvalue weighted by Gasteiger charge is -2.14. The van der Waals surface area contributed by atoms with Gasteiger partial charge in [-0.2, -0.15) is 0 Å². The standard InChI is InChI=1S/C15H17FNOP.C2H6/c1-18-14-7-2-4-11(8-14)10-17-15(19)12-5-3-6-13(16)9-12;1-2/h2-9,15,17H,10,19H2,1H3;1-2H3. The van der Waals surface area contributed by atoms with Crippen molar-refractivity contribution in [2.24, 2.45) is 0 Å². The third kappa shape index (κ3) is 5.82. The highest BCUT2D eigenvalue weighted by atomic mass is 31.0. The van der Waals surface area contributed by atoms with Crippen molar-refractivity contribution in [3.63, 3.8) is 0 Å². The van der Waals surface area contributed by atoms with Gasteiger partial charge < -0.3 is 10.1 Å². The van der Waals surface area contributed by atoms with Crippen molar-refractivity contribution in [2.75, 3.05) is 7.11 Å². The van der Waals surface area contributed by atoms with Crippen LogP contribution in [0.15, 0.2) is 48.5 Å². The summed E-state index contributed by atoms with van der Waals surface area (Å²) in [6.07, 6.45) is 0. The number of rotatable bonds is 5. The molecule has 0 amide bonds. The van der Waals surface area contributed by atoms with Gasteiger partial charge in [0.15, 0.2) is 0 Å². The summed E-state index contributed by atoms with van der Waals surface area (Å²) in [6, 6.07) is 14.5. The molecule has 2 aromatic carbocycles. The highest BCUT2D eigenvalue weighted by molar-refractivity contribution is 7.17. The monoisotopic (exact) mass is 307 g/mol. The van der Waals surface area contributed by atoms with Crippen LogP contribution < -0.4 is 10.1 Å². The van der Waals surface area contributed by atoms with Gasteiger partial charge in [0.2, 0.25) is 0 Å². The molecular formula is C17H23FNOP. The Labute approximate surface area is 128 Å². The van der Waals surface area contributed by atoms with E-state index in [1.807, 2.05) is 44.2 Å². The molecule has 114 valence electrons. The Kier molecular flexibility index (Phi) is 7.96. The third-order valence-corrected chi connectivity index (χ3v) is 3.49. The van der Waals surface area contributed by atoms with Gasteiger partial charge in [0.1, 0.15) is 11.6 Å². The molecule has 2 nitrogen and oxygen atoms in total. The van der Waals surface area contributed by atoms with Crippen molar-refractivity contribution in [2.45, 2.75) is 26.2 Å². The number of nitrogens with one attached hydrogen (secondary N) is 1. The first kappa shape index (κ1) is 17.6. The van der Waals surface area contributed by atoms with Gasteiger partial charge in [0, 0.05) is 12.3 Å². The number of hydrogen-bond acceptors (Lipinski definition) is 2. The average molecular weight is 307 g/mol. The minimum absolute atomic E-state index is 0.0156. The summed E-state index contributed by atoms with van der Waals surface area (Å²) in [5, 5.41) is 3.33. The highest BCUT2D eigenvalue weighted by Gasteiger charge is 2.06. The maximum atomic E-state index is 13.1. The van der Waals surface area contributed by atoms with Gasteiger partial charge in [-0.1, -0.05) is 38.1 Å². The number of ether oxygens (including phenoxy) is 1. The van der Waals surface area contributed by atoms with E-state index < -0.39 is 0 Å². The summed E-state index contributed by atoms with van der Waals surface area (Å²) in [7, 11) is 4.33. The molecule has 0 radical (unpaired) electrons. The Morgan fingerprint density at radius 2 is 1.86 bits per heavy atom. The van der Waals surface area contributed by atoms with Crippen LogP contribution >= 0.6 is 9.24 Å². The first-order valence-corrected chi connectivity index (χ1v) is 7.73. The van der Waals surface area contributed by atoms with Crippen molar-refractivity contribution < 1.29 is 9.13 Å². The van der Waals surface area contributed by atoms with E-state index in [0.717, 1.165) is 16.9 Å². The van der Waals surface area contributed by atoms with Crippen LogP contribution in [0.2, 0.25) is 0 Å². The predicted octanol–water partition coefficient (Wildman–Crippen LogP) is 4.52. The molecule has 0 fully saturated rings. The Hall–Kier alpha value is -1.44. The lowest BCUT2D eigenvalue weighted by Crippen LogP contribution is -2.15. The van der Waals surface area contributed by atoms with Crippen molar-refractivity contribution in [3.05, 3.63) is 65.5 Å². The van der Waals surface area contributed by atoms with Crippen molar-refractivity contribution in [1.29, 1.82) is 0 Å². The molecular weight excluding hydrogens is 284 g/mol.